The summed E-state index contributed by atoms with van der Waals surface area (Å²) in [6.45, 7) is 3.82. The van der Waals surface area contributed by atoms with Crippen molar-refractivity contribution in [2.45, 2.75) is 32.6 Å². The smallest absolute Gasteiger partial charge is 0.240 e. The SMILES string of the molecule is CC(=O)N(CC(=O)NCCc1ccccc1F)c1ccc(N2CCCCC2)cc1. The third-order valence-electron chi connectivity index (χ3n) is 5.24. The Balaban J connectivity index is 1.55. The number of piperidine rings is 1. The van der Waals surface area contributed by atoms with Crippen LogP contribution in [0.3, 0.4) is 0 Å². The van der Waals surface area contributed by atoms with Crippen molar-refractivity contribution in [3.8, 4) is 0 Å². The van der Waals surface area contributed by atoms with Gasteiger partial charge in [-0.05, 0) is 61.6 Å². The Labute approximate surface area is 171 Å². The second-order valence-electron chi connectivity index (χ2n) is 7.36. The van der Waals surface area contributed by atoms with E-state index in [2.05, 4.69) is 10.2 Å². The van der Waals surface area contributed by atoms with E-state index >= 15 is 0 Å². The second kappa shape index (κ2) is 10.0. The Bertz CT molecular complexity index is 832. The van der Waals surface area contributed by atoms with Gasteiger partial charge in [0.15, 0.2) is 0 Å². The molecule has 6 heteroatoms. The van der Waals surface area contributed by atoms with Gasteiger partial charge in [0.2, 0.25) is 11.8 Å². The molecule has 0 bridgehead atoms. The first-order chi connectivity index (χ1) is 14.0. The Hall–Kier alpha value is -2.89. The summed E-state index contributed by atoms with van der Waals surface area (Å²) < 4.78 is 13.6. The van der Waals surface area contributed by atoms with Crippen molar-refractivity contribution >= 4 is 23.2 Å². The van der Waals surface area contributed by atoms with E-state index in [4.69, 9.17) is 0 Å². The average molecular weight is 397 g/mol. The summed E-state index contributed by atoms with van der Waals surface area (Å²) in [5, 5.41) is 2.77. The molecule has 0 aliphatic carbocycles. The predicted octanol–water partition coefficient (Wildman–Crippen LogP) is 3.53. The van der Waals surface area contributed by atoms with Gasteiger partial charge in [-0.1, -0.05) is 18.2 Å². The van der Waals surface area contributed by atoms with Gasteiger partial charge in [0.05, 0.1) is 0 Å². The number of rotatable bonds is 7. The second-order valence-corrected chi connectivity index (χ2v) is 7.36. The number of hydrogen-bond donors (Lipinski definition) is 1. The van der Waals surface area contributed by atoms with Gasteiger partial charge in [0, 0.05) is 37.9 Å². The van der Waals surface area contributed by atoms with Gasteiger partial charge in [0.1, 0.15) is 12.4 Å². The maximum Gasteiger partial charge on any atom is 0.240 e. The topological polar surface area (TPSA) is 52.7 Å². The molecule has 29 heavy (non-hydrogen) atoms. The Morgan fingerprint density at radius 2 is 1.72 bits per heavy atom. The van der Waals surface area contributed by atoms with Crippen LogP contribution in [0.4, 0.5) is 15.8 Å². The fourth-order valence-corrected chi connectivity index (χ4v) is 3.62. The van der Waals surface area contributed by atoms with Gasteiger partial charge in [-0.2, -0.15) is 0 Å². The summed E-state index contributed by atoms with van der Waals surface area (Å²) in [5.41, 5.74) is 2.40. The Morgan fingerprint density at radius 1 is 1.03 bits per heavy atom. The zero-order valence-corrected chi connectivity index (χ0v) is 16.9. The van der Waals surface area contributed by atoms with Crippen LogP contribution in [0.15, 0.2) is 48.5 Å². The lowest BCUT2D eigenvalue weighted by molar-refractivity contribution is -0.123. The van der Waals surface area contributed by atoms with Crippen molar-refractivity contribution in [1.82, 2.24) is 5.32 Å². The fourth-order valence-electron chi connectivity index (χ4n) is 3.62. The lowest BCUT2D eigenvalue weighted by atomic mass is 10.1. The molecule has 2 aromatic carbocycles. The van der Waals surface area contributed by atoms with E-state index in [1.807, 2.05) is 24.3 Å². The summed E-state index contributed by atoms with van der Waals surface area (Å²) in [7, 11) is 0. The van der Waals surface area contributed by atoms with Crippen LogP contribution in [0.1, 0.15) is 31.7 Å². The number of amides is 2. The minimum atomic E-state index is -0.277. The average Bonchev–Trinajstić information content (AvgIpc) is 2.74. The first kappa shape index (κ1) is 20.8. The highest BCUT2D eigenvalue weighted by Gasteiger charge is 2.17. The summed E-state index contributed by atoms with van der Waals surface area (Å²) in [4.78, 5) is 28.2. The molecule has 0 spiro atoms. The molecule has 154 valence electrons. The van der Waals surface area contributed by atoms with E-state index in [9.17, 15) is 14.0 Å². The molecule has 0 radical (unpaired) electrons. The largest absolute Gasteiger partial charge is 0.372 e. The minimum absolute atomic E-state index is 0.0599. The summed E-state index contributed by atoms with van der Waals surface area (Å²) in [6.07, 6.45) is 4.09. The maximum atomic E-state index is 13.6. The molecule has 1 saturated heterocycles. The van der Waals surface area contributed by atoms with Crippen molar-refractivity contribution in [3.63, 3.8) is 0 Å². The van der Waals surface area contributed by atoms with Gasteiger partial charge in [0.25, 0.3) is 0 Å². The summed E-state index contributed by atoms with van der Waals surface area (Å²) in [5.74, 6) is -0.738. The molecule has 0 atom stereocenters. The van der Waals surface area contributed by atoms with E-state index in [0.717, 1.165) is 18.8 Å². The van der Waals surface area contributed by atoms with Crippen LogP contribution in [0.5, 0.6) is 0 Å². The molecule has 1 heterocycles. The van der Waals surface area contributed by atoms with E-state index in [1.54, 1.807) is 18.2 Å². The lowest BCUT2D eigenvalue weighted by Crippen LogP contribution is -2.40. The first-order valence-corrected chi connectivity index (χ1v) is 10.2. The molecular formula is C23H28FN3O2. The molecule has 0 aromatic heterocycles. The fraction of sp³-hybridized carbons (Fsp3) is 0.391. The molecule has 0 unspecified atom stereocenters. The Kier molecular flexibility index (Phi) is 7.22. The number of carbonyl (C=O) groups excluding carboxylic acids is 2. The molecule has 0 saturated carbocycles. The highest BCUT2D eigenvalue weighted by molar-refractivity contribution is 5.97. The Morgan fingerprint density at radius 3 is 2.38 bits per heavy atom. The van der Waals surface area contributed by atoms with Crippen LogP contribution < -0.4 is 15.1 Å². The third kappa shape index (κ3) is 5.79. The minimum Gasteiger partial charge on any atom is -0.372 e. The van der Waals surface area contributed by atoms with E-state index in [1.165, 1.54) is 37.2 Å². The van der Waals surface area contributed by atoms with Gasteiger partial charge >= 0.3 is 0 Å². The van der Waals surface area contributed by atoms with E-state index < -0.39 is 0 Å². The number of hydrogen-bond acceptors (Lipinski definition) is 3. The van der Waals surface area contributed by atoms with Crippen LogP contribution in [-0.2, 0) is 16.0 Å². The molecule has 3 rings (SSSR count). The normalized spacial score (nSPS) is 13.8. The number of carbonyl (C=O) groups is 2. The van der Waals surface area contributed by atoms with Crippen LogP contribution in [0.2, 0.25) is 0 Å². The lowest BCUT2D eigenvalue weighted by Gasteiger charge is -2.29. The molecule has 1 aliphatic heterocycles. The van der Waals surface area contributed by atoms with Gasteiger partial charge in [-0.3, -0.25) is 9.59 Å². The standard InChI is InChI=1S/C23H28FN3O2/c1-18(28)27(17-23(29)25-14-13-19-7-3-4-8-22(19)24)21-11-9-20(10-12-21)26-15-5-2-6-16-26/h3-4,7-12H,2,5-6,13-17H2,1H3,(H,25,29). The number of nitrogens with zero attached hydrogens (tertiary/aromatic N) is 2. The van der Waals surface area contributed by atoms with Gasteiger partial charge < -0.3 is 15.1 Å². The predicted molar refractivity (Wildman–Crippen MR) is 114 cm³/mol. The van der Waals surface area contributed by atoms with Crippen molar-refractivity contribution in [2.24, 2.45) is 0 Å². The molecule has 5 nitrogen and oxygen atoms in total. The highest BCUT2D eigenvalue weighted by Crippen LogP contribution is 2.23. The molecular weight excluding hydrogens is 369 g/mol. The number of benzene rings is 2. The monoisotopic (exact) mass is 397 g/mol. The van der Waals surface area contributed by atoms with Crippen LogP contribution in [0.25, 0.3) is 0 Å². The van der Waals surface area contributed by atoms with Gasteiger partial charge in [-0.15, -0.1) is 0 Å². The van der Waals surface area contributed by atoms with Crippen molar-refractivity contribution in [1.29, 1.82) is 0 Å². The van der Waals surface area contributed by atoms with Crippen LogP contribution in [0, 0.1) is 5.82 Å². The quantitative estimate of drug-likeness (QED) is 0.778. The molecule has 2 amide bonds. The number of nitrogens with one attached hydrogen (secondary N) is 1. The van der Waals surface area contributed by atoms with Crippen LogP contribution in [-0.4, -0.2) is 38.0 Å². The summed E-state index contributed by atoms with van der Waals surface area (Å²) in [6, 6.07) is 14.3. The number of anilines is 2. The highest BCUT2D eigenvalue weighted by atomic mass is 19.1. The summed E-state index contributed by atoms with van der Waals surface area (Å²) >= 11 is 0. The zero-order valence-electron chi connectivity index (χ0n) is 16.9. The van der Waals surface area contributed by atoms with Crippen molar-refractivity contribution < 1.29 is 14.0 Å². The van der Waals surface area contributed by atoms with Crippen molar-refractivity contribution in [3.05, 3.63) is 59.9 Å². The maximum absolute atomic E-state index is 13.6. The first-order valence-electron chi connectivity index (χ1n) is 10.2. The zero-order chi connectivity index (χ0) is 20.6. The van der Waals surface area contributed by atoms with Crippen LogP contribution >= 0.6 is 0 Å². The molecule has 1 N–H and O–H groups in total. The van der Waals surface area contributed by atoms with E-state index in [0.29, 0.717) is 24.2 Å². The number of halogens is 1. The molecule has 1 fully saturated rings. The molecule has 2 aromatic rings. The van der Waals surface area contributed by atoms with Crippen molar-refractivity contribution in [2.75, 3.05) is 36.0 Å². The molecule has 1 aliphatic rings. The van der Waals surface area contributed by atoms with Gasteiger partial charge in [-0.25, -0.2) is 4.39 Å². The van der Waals surface area contributed by atoms with E-state index in [-0.39, 0.29) is 24.2 Å². The third-order valence-corrected chi connectivity index (χ3v) is 5.24.